The summed E-state index contributed by atoms with van der Waals surface area (Å²) in [5, 5.41) is 2.38. The van der Waals surface area contributed by atoms with E-state index in [0.717, 1.165) is 24.3 Å². The van der Waals surface area contributed by atoms with Crippen LogP contribution in [0.2, 0.25) is 0 Å². The molecule has 0 fully saturated rings. The molecule has 4 aromatic rings. The molecule has 2 aromatic carbocycles. The van der Waals surface area contributed by atoms with Gasteiger partial charge in [0.2, 0.25) is 5.88 Å². The highest BCUT2D eigenvalue weighted by Crippen LogP contribution is 2.33. The molecule has 0 bridgehead atoms. The van der Waals surface area contributed by atoms with Crippen LogP contribution in [0.4, 0.5) is 23.2 Å². The molecule has 2 heterocycles. The summed E-state index contributed by atoms with van der Waals surface area (Å²) in [6.45, 7) is 1.71. The van der Waals surface area contributed by atoms with Crippen molar-refractivity contribution < 1.29 is 27.1 Å². The number of nitrogens with one attached hydrogen (secondary N) is 1. The Morgan fingerprint density at radius 1 is 0.971 bits per heavy atom. The van der Waals surface area contributed by atoms with E-state index in [1.165, 1.54) is 24.4 Å². The number of carbonyl (C=O) groups is 1. The van der Waals surface area contributed by atoms with Crippen LogP contribution < -0.4 is 10.1 Å². The lowest BCUT2D eigenvalue weighted by Crippen LogP contribution is -2.13. The van der Waals surface area contributed by atoms with E-state index in [0.29, 0.717) is 17.1 Å². The third-order valence-corrected chi connectivity index (χ3v) is 4.67. The molecule has 0 radical (unpaired) electrons. The Kier molecular flexibility index (Phi) is 6.22. The van der Waals surface area contributed by atoms with Gasteiger partial charge in [0.05, 0.1) is 16.8 Å². The van der Waals surface area contributed by atoms with Gasteiger partial charge in [0, 0.05) is 23.6 Å². The van der Waals surface area contributed by atoms with Gasteiger partial charge in [0.25, 0.3) is 5.91 Å². The predicted molar refractivity (Wildman–Crippen MR) is 116 cm³/mol. The SMILES string of the molecule is Cc1nccc(-c2cccnc2Oc2cc(C(=O)Nc3cccc(C(F)(F)F)c3)ccc2F)n1. The lowest BCUT2D eigenvalue weighted by Gasteiger charge is -2.12. The molecule has 0 spiro atoms. The van der Waals surface area contributed by atoms with Crippen molar-refractivity contribution in [3.63, 3.8) is 0 Å². The fourth-order valence-corrected chi connectivity index (χ4v) is 3.08. The average Bonchev–Trinajstić information content (AvgIpc) is 2.80. The number of rotatable bonds is 5. The van der Waals surface area contributed by atoms with Gasteiger partial charge in [-0.3, -0.25) is 4.79 Å². The zero-order valence-corrected chi connectivity index (χ0v) is 17.6. The third kappa shape index (κ3) is 5.17. The summed E-state index contributed by atoms with van der Waals surface area (Å²) in [6.07, 6.45) is -1.54. The summed E-state index contributed by atoms with van der Waals surface area (Å²) in [4.78, 5) is 25.1. The first-order valence-corrected chi connectivity index (χ1v) is 9.92. The second kappa shape index (κ2) is 9.26. The number of benzene rings is 2. The highest BCUT2D eigenvalue weighted by molar-refractivity contribution is 6.04. The number of hydrogen-bond donors (Lipinski definition) is 1. The van der Waals surface area contributed by atoms with E-state index in [9.17, 15) is 22.4 Å². The second-order valence-corrected chi connectivity index (χ2v) is 7.13. The van der Waals surface area contributed by atoms with Gasteiger partial charge in [-0.25, -0.2) is 19.3 Å². The number of halogens is 4. The van der Waals surface area contributed by atoms with Gasteiger partial charge >= 0.3 is 6.18 Å². The van der Waals surface area contributed by atoms with Crippen molar-refractivity contribution in [2.45, 2.75) is 13.1 Å². The summed E-state index contributed by atoms with van der Waals surface area (Å²) in [6, 6.07) is 12.5. The number of pyridine rings is 1. The van der Waals surface area contributed by atoms with Crippen LogP contribution in [-0.4, -0.2) is 20.9 Å². The van der Waals surface area contributed by atoms with Crippen LogP contribution in [0.25, 0.3) is 11.3 Å². The molecule has 1 amide bonds. The molecule has 0 aliphatic rings. The monoisotopic (exact) mass is 468 g/mol. The van der Waals surface area contributed by atoms with Crippen molar-refractivity contribution in [2.24, 2.45) is 0 Å². The minimum Gasteiger partial charge on any atom is -0.435 e. The van der Waals surface area contributed by atoms with E-state index in [-0.39, 0.29) is 22.9 Å². The van der Waals surface area contributed by atoms with Crippen LogP contribution in [0, 0.1) is 12.7 Å². The van der Waals surface area contributed by atoms with Crippen LogP contribution in [-0.2, 0) is 6.18 Å². The molecule has 0 saturated carbocycles. The van der Waals surface area contributed by atoms with Crippen LogP contribution in [0.3, 0.4) is 0 Å². The van der Waals surface area contributed by atoms with Crippen molar-refractivity contribution >= 4 is 11.6 Å². The molecule has 4 rings (SSSR count). The first-order chi connectivity index (χ1) is 16.2. The van der Waals surface area contributed by atoms with E-state index in [2.05, 4.69) is 20.3 Å². The summed E-state index contributed by atoms with van der Waals surface area (Å²) >= 11 is 0. The fraction of sp³-hybridized carbons (Fsp3) is 0.0833. The Bertz CT molecular complexity index is 1360. The van der Waals surface area contributed by atoms with Gasteiger partial charge in [0.15, 0.2) is 11.6 Å². The van der Waals surface area contributed by atoms with E-state index >= 15 is 0 Å². The molecule has 0 atom stereocenters. The highest BCUT2D eigenvalue weighted by atomic mass is 19.4. The normalized spacial score (nSPS) is 11.2. The molecule has 6 nitrogen and oxygen atoms in total. The number of alkyl halides is 3. The second-order valence-electron chi connectivity index (χ2n) is 7.13. The lowest BCUT2D eigenvalue weighted by atomic mass is 10.1. The zero-order valence-electron chi connectivity index (χ0n) is 17.6. The predicted octanol–water partition coefficient (Wildman–Crippen LogP) is 6.05. The Balaban J connectivity index is 1.60. The number of aryl methyl sites for hydroxylation is 1. The molecular formula is C24H16F4N4O2. The number of hydrogen-bond acceptors (Lipinski definition) is 5. The van der Waals surface area contributed by atoms with Gasteiger partial charge in [-0.05, 0) is 61.5 Å². The number of ether oxygens (including phenoxy) is 1. The molecule has 34 heavy (non-hydrogen) atoms. The van der Waals surface area contributed by atoms with Gasteiger partial charge < -0.3 is 10.1 Å². The molecule has 172 valence electrons. The standard InChI is InChI=1S/C24H16F4N4O2/c1-14-29-11-9-20(31-14)18-6-3-10-30-23(18)34-21-12-15(7-8-19(21)25)22(33)32-17-5-2-4-16(13-17)24(26,27)28/h2-13H,1H3,(H,32,33). The topological polar surface area (TPSA) is 77.0 Å². The molecule has 0 unspecified atom stereocenters. The molecule has 0 aliphatic carbocycles. The summed E-state index contributed by atoms with van der Waals surface area (Å²) in [7, 11) is 0. The largest absolute Gasteiger partial charge is 0.435 e. The molecule has 10 heteroatoms. The van der Waals surface area contributed by atoms with E-state index in [1.54, 1.807) is 31.3 Å². The Morgan fingerprint density at radius 3 is 2.56 bits per heavy atom. The van der Waals surface area contributed by atoms with Gasteiger partial charge in [0.1, 0.15) is 5.82 Å². The minimum atomic E-state index is -4.56. The maximum Gasteiger partial charge on any atom is 0.416 e. The molecule has 2 aromatic heterocycles. The number of aromatic nitrogens is 3. The van der Waals surface area contributed by atoms with Crippen LogP contribution in [0.1, 0.15) is 21.7 Å². The molecular weight excluding hydrogens is 452 g/mol. The van der Waals surface area contributed by atoms with E-state index in [4.69, 9.17) is 4.74 Å². The summed E-state index contributed by atoms with van der Waals surface area (Å²) < 4.78 is 58.9. The third-order valence-electron chi connectivity index (χ3n) is 4.67. The van der Waals surface area contributed by atoms with Gasteiger partial charge in [-0.2, -0.15) is 13.2 Å². The van der Waals surface area contributed by atoms with Crippen molar-refractivity contribution in [2.75, 3.05) is 5.32 Å². The van der Waals surface area contributed by atoms with Crippen LogP contribution >= 0.6 is 0 Å². The van der Waals surface area contributed by atoms with Crippen molar-refractivity contribution in [3.05, 3.63) is 95.8 Å². The van der Waals surface area contributed by atoms with E-state index in [1.807, 2.05) is 0 Å². The van der Waals surface area contributed by atoms with Crippen molar-refractivity contribution in [3.8, 4) is 22.9 Å². The Hall–Kier alpha value is -4.34. The number of nitrogens with zero attached hydrogens (tertiary/aromatic N) is 3. The number of anilines is 1. The molecule has 0 aliphatic heterocycles. The maximum absolute atomic E-state index is 14.5. The maximum atomic E-state index is 14.5. The number of amides is 1. The quantitative estimate of drug-likeness (QED) is 0.361. The smallest absolute Gasteiger partial charge is 0.416 e. The van der Waals surface area contributed by atoms with Crippen LogP contribution in [0.15, 0.2) is 73.1 Å². The summed E-state index contributed by atoms with van der Waals surface area (Å²) in [5.74, 6) is -1.22. The van der Waals surface area contributed by atoms with Crippen molar-refractivity contribution in [1.29, 1.82) is 0 Å². The van der Waals surface area contributed by atoms with Crippen molar-refractivity contribution in [1.82, 2.24) is 15.0 Å². The highest BCUT2D eigenvalue weighted by Gasteiger charge is 2.30. The fourth-order valence-electron chi connectivity index (χ4n) is 3.08. The minimum absolute atomic E-state index is 0.0239. The lowest BCUT2D eigenvalue weighted by molar-refractivity contribution is -0.137. The molecule has 0 saturated heterocycles. The number of carbonyl (C=O) groups excluding carboxylic acids is 1. The average molecular weight is 468 g/mol. The summed E-state index contributed by atoms with van der Waals surface area (Å²) in [5.41, 5.74) is -0.00123. The molecule has 1 N–H and O–H groups in total. The van der Waals surface area contributed by atoms with Crippen LogP contribution in [0.5, 0.6) is 11.6 Å². The zero-order chi connectivity index (χ0) is 24.3. The first kappa shape index (κ1) is 22.8. The van der Waals surface area contributed by atoms with E-state index < -0.39 is 23.5 Å². The Labute approximate surface area is 191 Å². The van der Waals surface area contributed by atoms with Gasteiger partial charge in [-0.1, -0.05) is 6.07 Å². The Morgan fingerprint density at radius 2 is 1.79 bits per heavy atom. The first-order valence-electron chi connectivity index (χ1n) is 9.92. The van der Waals surface area contributed by atoms with Gasteiger partial charge in [-0.15, -0.1) is 0 Å².